The molecular formula is C13H12N4OS. The van der Waals surface area contributed by atoms with Crippen LogP contribution < -0.4 is 5.32 Å². The van der Waals surface area contributed by atoms with Gasteiger partial charge in [-0.2, -0.15) is 5.10 Å². The van der Waals surface area contributed by atoms with Gasteiger partial charge in [-0.1, -0.05) is 0 Å². The fourth-order valence-corrected chi connectivity index (χ4v) is 2.47. The minimum Gasteiger partial charge on any atom is -0.352 e. The van der Waals surface area contributed by atoms with E-state index in [1.54, 1.807) is 29.8 Å². The number of hydrogen-bond donors (Lipinski definition) is 2. The second-order valence-corrected chi connectivity index (χ2v) is 5.08. The van der Waals surface area contributed by atoms with Crippen molar-refractivity contribution in [2.24, 2.45) is 0 Å². The molecule has 2 N–H and O–H groups in total. The van der Waals surface area contributed by atoms with Crippen LogP contribution in [-0.2, 0) is 6.42 Å². The molecule has 6 heteroatoms. The monoisotopic (exact) mass is 272 g/mol. The van der Waals surface area contributed by atoms with Gasteiger partial charge in [-0.15, -0.1) is 11.3 Å². The number of H-pyrrole nitrogens is 1. The smallest absolute Gasteiger partial charge is 0.251 e. The maximum Gasteiger partial charge on any atom is 0.251 e. The zero-order valence-electron chi connectivity index (χ0n) is 10.1. The summed E-state index contributed by atoms with van der Waals surface area (Å²) < 4.78 is 0. The average Bonchev–Trinajstić information content (AvgIpc) is 3.08. The first-order valence-corrected chi connectivity index (χ1v) is 6.80. The van der Waals surface area contributed by atoms with Crippen molar-refractivity contribution >= 4 is 28.1 Å². The zero-order valence-corrected chi connectivity index (χ0v) is 10.9. The van der Waals surface area contributed by atoms with E-state index in [0.29, 0.717) is 12.1 Å². The number of aromatic amines is 1. The van der Waals surface area contributed by atoms with E-state index in [0.717, 1.165) is 22.3 Å². The first-order chi connectivity index (χ1) is 9.33. The standard InChI is InChI=1S/C13H12N4OS/c18-13(15-4-3-12-14-5-6-19-12)9-1-2-11-10(7-9)8-16-17-11/h1-2,5-8H,3-4H2,(H,15,18)(H,16,17). The molecule has 0 aliphatic carbocycles. The summed E-state index contributed by atoms with van der Waals surface area (Å²) in [5, 5.41) is 13.6. The Kier molecular flexibility index (Phi) is 3.24. The number of amides is 1. The van der Waals surface area contributed by atoms with Crippen LogP contribution in [0, 0.1) is 0 Å². The van der Waals surface area contributed by atoms with Gasteiger partial charge >= 0.3 is 0 Å². The number of rotatable bonds is 4. The van der Waals surface area contributed by atoms with Crippen LogP contribution in [0.1, 0.15) is 15.4 Å². The van der Waals surface area contributed by atoms with Crippen molar-refractivity contribution in [2.45, 2.75) is 6.42 Å². The van der Waals surface area contributed by atoms with E-state index in [1.165, 1.54) is 0 Å². The summed E-state index contributed by atoms with van der Waals surface area (Å²) in [6.07, 6.45) is 4.24. The van der Waals surface area contributed by atoms with E-state index in [9.17, 15) is 4.79 Å². The van der Waals surface area contributed by atoms with Crippen molar-refractivity contribution in [2.75, 3.05) is 6.54 Å². The van der Waals surface area contributed by atoms with Gasteiger partial charge in [0.25, 0.3) is 5.91 Å². The highest BCUT2D eigenvalue weighted by molar-refractivity contribution is 7.09. The van der Waals surface area contributed by atoms with Gasteiger partial charge in [0.1, 0.15) is 0 Å². The minimum atomic E-state index is -0.0698. The van der Waals surface area contributed by atoms with Gasteiger partial charge in [0.15, 0.2) is 0 Å². The van der Waals surface area contributed by atoms with Crippen LogP contribution >= 0.6 is 11.3 Å². The highest BCUT2D eigenvalue weighted by Crippen LogP contribution is 2.12. The Morgan fingerprint density at radius 3 is 3.21 bits per heavy atom. The SMILES string of the molecule is O=C(NCCc1nccs1)c1ccc2[nH]ncc2c1. The number of nitrogens with zero attached hydrogens (tertiary/aromatic N) is 2. The lowest BCUT2D eigenvalue weighted by Gasteiger charge is -2.04. The van der Waals surface area contributed by atoms with E-state index >= 15 is 0 Å². The van der Waals surface area contributed by atoms with Gasteiger partial charge in [-0.25, -0.2) is 4.98 Å². The van der Waals surface area contributed by atoms with Crippen molar-refractivity contribution < 1.29 is 4.79 Å². The number of carbonyl (C=O) groups is 1. The summed E-state index contributed by atoms with van der Waals surface area (Å²) in [6, 6.07) is 5.48. The third kappa shape index (κ3) is 2.63. The second-order valence-electron chi connectivity index (χ2n) is 4.10. The number of hydrogen-bond acceptors (Lipinski definition) is 4. The average molecular weight is 272 g/mol. The molecule has 3 aromatic rings. The molecule has 0 saturated carbocycles. The third-order valence-corrected chi connectivity index (χ3v) is 3.65. The van der Waals surface area contributed by atoms with E-state index in [-0.39, 0.29) is 5.91 Å². The van der Waals surface area contributed by atoms with Gasteiger partial charge in [0, 0.05) is 35.5 Å². The third-order valence-electron chi connectivity index (χ3n) is 2.81. The minimum absolute atomic E-state index is 0.0698. The summed E-state index contributed by atoms with van der Waals surface area (Å²) in [5.74, 6) is -0.0698. The van der Waals surface area contributed by atoms with Gasteiger partial charge in [-0.05, 0) is 18.2 Å². The molecule has 0 aliphatic heterocycles. The zero-order chi connectivity index (χ0) is 13.1. The number of carbonyl (C=O) groups excluding carboxylic acids is 1. The molecule has 0 saturated heterocycles. The Morgan fingerprint density at radius 2 is 2.37 bits per heavy atom. The maximum atomic E-state index is 12.0. The van der Waals surface area contributed by atoms with Crippen LogP contribution in [-0.4, -0.2) is 27.6 Å². The summed E-state index contributed by atoms with van der Waals surface area (Å²) in [4.78, 5) is 16.2. The molecule has 0 atom stereocenters. The number of thiazole rings is 1. The highest BCUT2D eigenvalue weighted by atomic mass is 32.1. The van der Waals surface area contributed by atoms with Crippen LogP contribution in [0.4, 0.5) is 0 Å². The summed E-state index contributed by atoms with van der Waals surface area (Å²) >= 11 is 1.60. The largest absolute Gasteiger partial charge is 0.352 e. The predicted molar refractivity (Wildman–Crippen MR) is 74.2 cm³/mol. The predicted octanol–water partition coefficient (Wildman–Crippen LogP) is 1.99. The highest BCUT2D eigenvalue weighted by Gasteiger charge is 2.06. The van der Waals surface area contributed by atoms with Crippen LogP contribution in [0.3, 0.4) is 0 Å². The molecule has 0 radical (unpaired) electrons. The van der Waals surface area contributed by atoms with Crippen LogP contribution in [0.5, 0.6) is 0 Å². The number of benzene rings is 1. The Balaban J connectivity index is 1.63. The molecule has 3 rings (SSSR count). The van der Waals surface area contributed by atoms with Gasteiger partial charge in [-0.3, -0.25) is 9.89 Å². The lowest BCUT2D eigenvalue weighted by Crippen LogP contribution is -2.25. The van der Waals surface area contributed by atoms with E-state index < -0.39 is 0 Å². The van der Waals surface area contributed by atoms with Gasteiger partial charge < -0.3 is 5.32 Å². The van der Waals surface area contributed by atoms with Crippen molar-refractivity contribution in [3.8, 4) is 0 Å². The number of fused-ring (bicyclic) bond motifs is 1. The molecular weight excluding hydrogens is 260 g/mol. The molecule has 0 bridgehead atoms. The molecule has 1 aromatic carbocycles. The van der Waals surface area contributed by atoms with E-state index in [4.69, 9.17) is 0 Å². The van der Waals surface area contributed by atoms with Crippen LogP contribution in [0.15, 0.2) is 36.0 Å². The van der Waals surface area contributed by atoms with Crippen molar-refractivity contribution in [3.63, 3.8) is 0 Å². The molecule has 19 heavy (non-hydrogen) atoms. The van der Waals surface area contributed by atoms with Crippen LogP contribution in [0.2, 0.25) is 0 Å². The number of aromatic nitrogens is 3. The molecule has 1 amide bonds. The molecule has 96 valence electrons. The Labute approximate surface area is 113 Å². The Morgan fingerprint density at radius 1 is 1.42 bits per heavy atom. The molecule has 5 nitrogen and oxygen atoms in total. The Hall–Kier alpha value is -2.21. The van der Waals surface area contributed by atoms with Crippen molar-refractivity contribution in [1.82, 2.24) is 20.5 Å². The molecule has 2 heterocycles. The van der Waals surface area contributed by atoms with E-state index in [1.807, 2.05) is 17.5 Å². The second kappa shape index (κ2) is 5.19. The molecule has 0 fully saturated rings. The van der Waals surface area contributed by atoms with Gasteiger partial charge in [0.05, 0.1) is 16.7 Å². The quantitative estimate of drug-likeness (QED) is 0.763. The number of nitrogens with one attached hydrogen (secondary N) is 2. The summed E-state index contributed by atoms with van der Waals surface area (Å²) in [5.41, 5.74) is 1.58. The summed E-state index contributed by atoms with van der Waals surface area (Å²) in [6.45, 7) is 0.593. The molecule has 2 aromatic heterocycles. The topological polar surface area (TPSA) is 70.7 Å². The first-order valence-electron chi connectivity index (χ1n) is 5.92. The molecule has 0 aliphatic rings. The van der Waals surface area contributed by atoms with Crippen molar-refractivity contribution in [1.29, 1.82) is 0 Å². The fraction of sp³-hybridized carbons (Fsp3) is 0.154. The summed E-state index contributed by atoms with van der Waals surface area (Å²) in [7, 11) is 0. The lowest BCUT2D eigenvalue weighted by atomic mass is 10.1. The van der Waals surface area contributed by atoms with Crippen LogP contribution in [0.25, 0.3) is 10.9 Å². The molecule has 0 spiro atoms. The molecule has 0 unspecified atom stereocenters. The normalized spacial score (nSPS) is 10.7. The fourth-order valence-electron chi connectivity index (χ4n) is 1.85. The lowest BCUT2D eigenvalue weighted by molar-refractivity contribution is 0.0954. The maximum absolute atomic E-state index is 12.0. The first kappa shape index (κ1) is 11.9. The van der Waals surface area contributed by atoms with Gasteiger partial charge in [0.2, 0.25) is 0 Å². The van der Waals surface area contributed by atoms with E-state index in [2.05, 4.69) is 20.5 Å². The Bertz CT molecular complexity index is 690. The van der Waals surface area contributed by atoms with Crippen molar-refractivity contribution in [3.05, 3.63) is 46.5 Å².